The first kappa shape index (κ1) is 20.3. The van der Waals surface area contributed by atoms with Gasteiger partial charge in [0, 0.05) is 26.1 Å². The molecule has 0 aliphatic heterocycles. The zero-order valence-corrected chi connectivity index (χ0v) is 17.7. The number of nitrogens with zero attached hydrogens (tertiary/aromatic N) is 2. The van der Waals surface area contributed by atoms with Gasteiger partial charge >= 0.3 is 5.69 Å². The van der Waals surface area contributed by atoms with Gasteiger partial charge < -0.3 is 5.32 Å². The summed E-state index contributed by atoms with van der Waals surface area (Å²) in [5.74, 6) is -0.900. The minimum Gasteiger partial charge on any atom is -0.324 e. The average Bonchev–Trinajstić information content (AvgIpc) is 2.70. The zero-order chi connectivity index (χ0) is 21.3. The van der Waals surface area contributed by atoms with Crippen LogP contribution in [0.5, 0.6) is 0 Å². The van der Waals surface area contributed by atoms with Gasteiger partial charge in [-0.1, -0.05) is 45.7 Å². The van der Waals surface area contributed by atoms with Crippen molar-refractivity contribution in [3.63, 3.8) is 0 Å². The van der Waals surface area contributed by atoms with Crippen LogP contribution in [0.25, 0.3) is 22.2 Å². The van der Waals surface area contributed by atoms with E-state index in [1.54, 1.807) is 54.6 Å². The lowest BCUT2D eigenvalue weighted by Gasteiger charge is -2.14. The maximum Gasteiger partial charge on any atom is 0.349 e. The number of halogens is 3. The summed E-state index contributed by atoms with van der Waals surface area (Å²) in [5.41, 5.74) is 0.729. The molecule has 0 fully saturated rings. The molecule has 8 heteroatoms. The van der Waals surface area contributed by atoms with Crippen LogP contribution in [-0.4, -0.2) is 15.5 Å². The third kappa shape index (κ3) is 4.13. The molecule has 5 nitrogen and oxygen atoms in total. The molecule has 4 rings (SSSR count). The van der Waals surface area contributed by atoms with Gasteiger partial charge in [0.25, 0.3) is 0 Å². The Bertz CT molecular complexity index is 1340. The predicted octanol–water partition coefficient (Wildman–Crippen LogP) is 5.26. The summed E-state index contributed by atoms with van der Waals surface area (Å²) in [4.78, 5) is 29.4. The monoisotopic (exact) mass is 485 g/mol. The van der Waals surface area contributed by atoms with Gasteiger partial charge in [-0.25, -0.2) is 9.18 Å². The second kappa shape index (κ2) is 8.38. The topological polar surface area (TPSA) is 64.0 Å². The van der Waals surface area contributed by atoms with Gasteiger partial charge in [-0.2, -0.15) is 4.98 Å². The largest absolute Gasteiger partial charge is 0.349 e. The van der Waals surface area contributed by atoms with Crippen LogP contribution >= 0.6 is 27.5 Å². The second-order valence-corrected chi connectivity index (χ2v) is 7.88. The van der Waals surface area contributed by atoms with E-state index in [4.69, 9.17) is 11.6 Å². The van der Waals surface area contributed by atoms with Gasteiger partial charge in [0.15, 0.2) is 0 Å². The van der Waals surface area contributed by atoms with Crippen molar-refractivity contribution in [2.24, 2.45) is 0 Å². The van der Waals surface area contributed by atoms with Crippen LogP contribution in [0.4, 0.5) is 10.1 Å². The molecule has 1 aromatic heterocycles. The average molecular weight is 487 g/mol. The molecule has 0 aliphatic carbocycles. The molecule has 0 saturated carbocycles. The van der Waals surface area contributed by atoms with Gasteiger partial charge in [0.1, 0.15) is 12.4 Å². The van der Waals surface area contributed by atoms with Crippen molar-refractivity contribution in [3.8, 4) is 11.3 Å². The van der Waals surface area contributed by atoms with Gasteiger partial charge in [-0.05, 0) is 48.5 Å². The molecule has 0 atom stereocenters. The first-order valence-corrected chi connectivity index (χ1v) is 10.1. The number of rotatable bonds is 4. The lowest BCUT2D eigenvalue weighted by Crippen LogP contribution is -2.30. The highest BCUT2D eigenvalue weighted by Gasteiger charge is 2.17. The van der Waals surface area contributed by atoms with Crippen molar-refractivity contribution in [2.75, 3.05) is 5.32 Å². The molecule has 0 saturated heterocycles. The van der Waals surface area contributed by atoms with Crippen LogP contribution in [0, 0.1) is 5.82 Å². The Labute approximate surface area is 184 Å². The van der Waals surface area contributed by atoms with E-state index in [0.29, 0.717) is 21.6 Å². The van der Waals surface area contributed by atoms with E-state index in [-0.39, 0.29) is 17.8 Å². The van der Waals surface area contributed by atoms with Crippen molar-refractivity contribution in [1.29, 1.82) is 0 Å². The van der Waals surface area contributed by atoms with Crippen molar-refractivity contribution < 1.29 is 9.18 Å². The van der Waals surface area contributed by atoms with Gasteiger partial charge in [-0.15, -0.1) is 0 Å². The van der Waals surface area contributed by atoms with E-state index in [2.05, 4.69) is 26.2 Å². The Morgan fingerprint density at radius 2 is 1.90 bits per heavy atom. The fourth-order valence-corrected chi connectivity index (χ4v) is 3.75. The van der Waals surface area contributed by atoms with Gasteiger partial charge in [0.2, 0.25) is 5.91 Å². The SMILES string of the molecule is O=C(Cn1c(=O)nc(-c2ccccc2F)c2cc(Cl)ccc21)Nc1cccc(Br)c1. The standard InChI is InChI=1S/C22H14BrClFN3O2/c23-13-4-3-5-15(10-13)26-20(29)12-28-19-9-8-14(24)11-17(19)21(27-22(28)30)16-6-1-2-7-18(16)25/h1-11H,12H2,(H,26,29). The molecule has 0 spiro atoms. The normalized spacial score (nSPS) is 10.9. The molecule has 3 aromatic carbocycles. The van der Waals surface area contributed by atoms with E-state index < -0.39 is 17.4 Å². The number of anilines is 1. The molecular weight excluding hydrogens is 473 g/mol. The maximum absolute atomic E-state index is 14.4. The summed E-state index contributed by atoms with van der Waals surface area (Å²) >= 11 is 9.49. The number of fused-ring (bicyclic) bond motifs is 1. The minimum atomic E-state index is -0.660. The Kier molecular flexibility index (Phi) is 5.65. The van der Waals surface area contributed by atoms with Crippen LogP contribution in [0.15, 0.2) is 76.0 Å². The second-order valence-electron chi connectivity index (χ2n) is 6.53. The Morgan fingerprint density at radius 1 is 1.10 bits per heavy atom. The van der Waals surface area contributed by atoms with E-state index in [0.717, 1.165) is 4.47 Å². The minimum absolute atomic E-state index is 0.180. The van der Waals surface area contributed by atoms with Crippen LogP contribution in [0.1, 0.15) is 0 Å². The number of benzene rings is 3. The Hall–Kier alpha value is -3.03. The first-order valence-electron chi connectivity index (χ1n) is 8.93. The molecule has 0 unspecified atom stereocenters. The fraction of sp³-hybridized carbons (Fsp3) is 0.0455. The number of hydrogen-bond donors (Lipinski definition) is 1. The number of aromatic nitrogens is 2. The summed E-state index contributed by atoms with van der Waals surface area (Å²) in [5, 5.41) is 3.63. The molecule has 1 amide bonds. The quantitative estimate of drug-likeness (QED) is 0.428. The van der Waals surface area contributed by atoms with Crippen molar-refractivity contribution in [2.45, 2.75) is 6.54 Å². The first-order chi connectivity index (χ1) is 14.4. The highest BCUT2D eigenvalue weighted by molar-refractivity contribution is 9.10. The maximum atomic E-state index is 14.4. The summed E-state index contributed by atoms with van der Waals surface area (Å²) in [6.07, 6.45) is 0. The molecule has 1 N–H and O–H groups in total. The van der Waals surface area contributed by atoms with Gasteiger partial charge in [0.05, 0.1) is 11.2 Å². The van der Waals surface area contributed by atoms with Crippen molar-refractivity contribution in [1.82, 2.24) is 9.55 Å². The van der Waals surface area contributed by atoms with Crippen molar-refractivity contribution in [3.05, 3.63) is 92.5 Å². The van der Waals surface area contributed by atoms with Crippen LogP contribution in [-0.2, 0) is 11.3 Å². The lowest BCUT2D eigenvalue weighted by molar-refractivity contribution is -0.116. The number of amides is 1. The number of carbonyl (C=O) groups excluding carboxylic acids is 1. The zero-order valence-electron chi connectivity index (χ0n) is 15.4. The smallest absolute Gasteiger partial charge is 0.324 e. The summed E-state index contributed by atoms with van der Waals surface area (Å²) in [7, 11) is 0. The molecule has 0 radical (unpaired) electrons. The lowest BCUT2D eigenvalue weighted by atomic mass is 10.1. The van der Waals surface area contributed by atoms with E-state index in [9.17, 15) is 14.0 Å². The van der Waals surface area contributed by atoms with E-state index in [1.807, 2.05) is 6.07 Å². The third-order valence-electron chi connectivity index (χ3n) is 4.48. The highest BCUT2D eigenvalue weighted by Crippen LogP contribution is 2.29. The Morgan fingerprint density at radius 3 is 2.67 bits per heavy atom. The van der Waals surface area contributed by atoms with Crippen LogP contribution in [0.3, 0.4) is 0 Å². The van der Waals surface area contributed by atoms with Crippen molar-refractivity contribution >= 4 is 50.0 Å². The van der Waals surface area contributed by atoms with Crippen LogP contribution in [0.2, 0.25) is 5.02 Å². The summed E-state index contributed by atoms with van der Waals surface area (Å²) < 4.78 is 16.4. The molecule has 30 heavy (non-hydrogen) atoms. The highest BCUT2D eigenvalue weighted by atomic mass is 79.9. The van der Waals surface area contributed by atoms with E-state index in [1.165, 1.54) is 10.6 Å². The Balaban J connectivity index is 1.79. The number of hydrogen-bond acceptors (Lipinski definition) is 3. The van der Waals surface area contributed by atoms with E-state index >= 15 is 0 Å². The number of nitrogens with one attached hydrogen (secondary N) is 1. The molecule has 0 bridgehead atoms. The fourth-order valence-electron chi connectivity index (χ4n) is 3.17. The predicted molar refractivity (Wildman–Crippen MR) is 119 cm³/mol. The number of carbonyl (C=O) groups is 1. The molecule has 0 aliphatic rings. The molecule has 1 heterocycles. The van der Waals surface area contributed by atoms with Gasteiger partial charge in [-0.3, -0.25) is 9.36 Å². The molecule has 4 aromatic rings. The van der Waals surface area contributed by atoms with Crippen LogP contribution < -0.4 is 11.0 Å². The summed E-state index contributed by atoms with van der Waals surface area (Å²) in [6, 6.07) is 18.0. The molecular formula is C22H14BrClFN3O2. The molecule has 150 valence electrons. The third-order valence-corrected chi connectivity index (χ3v) is 5.21. The summed E-state index contributed by atoms with van der Waals surface area (Å²) in [6.45, 7) is -0.256.